The number of likely N-dealkylation sites (tertiary alicyclic amines) is 1. The molecule has 1 aromatic heterocycles. The average molecular weight is 534 g/mol. The van der Waals surface area contributed by atoms with Gasteiger partial charge >= 0.3 is 0 Å². The molecule has 0 unspecified atom stereocenters. The van der Waals surface area contributed by atoms with Crippen LogP contribution in [0.15, 0.2) is 47.3 Å². The van der Waals surface area contributed by atoms with Gasteiger partial charge in [0.15, 0.2) is 5.11 Å². The number of thiocarbonyl (C=S) groups is 1. The fourth-order valence-corrected chi connectivity index (χ4v) is 5.15. The van der Waals surface area contributed by atoms with Crippen LogP contribution in [0.2, 0.25) is 5.02 Å². The molecule has 2 aliphatic rings. The lowest BCUT2D eigenvalue weighted by molar-refractivity contribution is 0.0933. The first-order valence-corrected chi connectivity index (χ1v) is 11.9. The molecular formula is C21H20Cl4N4O2S. The predicted octanol–water partition coefficient (Wildman–Crippen LogP) is 3.92. The Morgan fingerprint density at radius 3 is 2.53 bits per heavy atom. The highest BCUT2D eigenvalue weighted by molar-refractivity contribution is 7.80. The topological polar surface area (TPSA) is 66.4 Å². The van der Waals surface area contributed by atoms with Crippen molar-refractivity contribution in [3.05, 3.63) is 69.1 Å². The highest BCUT2D eigenvalue weighted by atomic mass is 35.6. The summed E-state index contributed by atoms with van der Waals surface area (Å²) in [6.07, 6.45) is -0.0971. The van der Waals surface area contributed by atoms with Gasteiger partial charge in [0.1, 0.15) is 6.17 Å². The van der Waals surface area contributed by atoms with Gasteiger partial charge in [0.2, 0.25) is 3.79 Å². The molecule has 1 fully saturated rings. The number of nitrogens with zero attached hydrogens (tertiary/aromatic N) is 2. The number of alkyl halides is 3. The molecule has 0 aliphatic carbocycles. The molecule has 2 aromatic rings. The van der Waals surface area contributed by atoms with E-state index in [-0.39, 0.29) is 28.0 Å². The fourth-order valence-electron chi connectivity index (χ4n) is 4.33. The molecule has 11 heteroatoms. The van der Waals surface area contributed by atoms with Crippen molar-refractivity contribution >= 4 is 69.6 Å². The number of rotatable bonds is 3. The minimum Gasteiger partial charge on any atom is -0.348 e. The largest absolute Gasteiger partial charge is 0.348 e. The zero-order chi connectivity index (χ0) is 23.0. The maximum Gasteiger partial charge on any atom is 0.254 e. The molecule has 32 heavy (non-hydrogen) atoms. The Morgan fingerprint density at radius 2 is 1.81 bits per heavy atom. The predicted molar refractivity (Wildman–Crippen MR) is 132 cm³/mol. The zero-order valence-electron chi connectivity index (χ0n) is 16.7. The van der Waals surface area contributed by atoms with Crippen LogP contribution < -0.4 is 16.2 Å². The van der Waals surface area contributed by atoms with E-state index in [4.69, 9.17) is 58.6 Å². The van der Waals surface area contributed by atoms with Crippen LogP contribution in [-0.2, 0) is 6.54 Å². The van der Waals surface area contributed by atoms with Gasteiger partial charge in [0.05, 0.1) is 10.6 Å². The van der Waals surface area contributed by atoms with Gasteiger partial charge in [0, 0.05) is 37.3 Å². The van der Waals surface area contributed by atoms with Crippen LogP contribution in [-0.4, -0.2) is 43.5 Å². The van der Waals surface area contributed by atoms with E-state index in [0.29, 0.717) is 24.7 Å². The number of fused-ring (bicyclic) bond motifs is 4. The van der Waals surface area contributed by atoms with E-state index in [1.54, 1.807) is 36.4 Å². The SMILES string of the molecule is O=C(N[C@@H](NC(=S)N1C[C@@H]2C[C@H](C1)c1cccc(=O)n1C2)C(Cl)(Cl)Cl)c1ccccc1Cl. The van der Waals surface area contributed by atoms with Crippen LogP contribution in [0.25, 0.3) is 0 Å². The number of aromatic nitrogens is 1. The summed E-state index contributed by atoms with van der Waals surface area (Å²) in [7, 11) is 0. The lowest BCUT2D eigenvalue weighted by Crippen LogP contribution is -2.60. The molecule has 4 rings (SSSR count). The van der Waals surface area contributed by atoms with Gasteiger partial charge in [-0.1, -0.05) is 64.6 Å². The number of carbonyl (C=O) groups is 1. The summed E-state index contributed by atoms with van der Waals surface area (Å²) in [6, 6.07) is 12.0. The zero-order valence-corrected chi connectivity index (χ0v) is 20.6. The summed E-state index contributed by atoms with van der Waals surface area (Å²) in [5, 5.41) is 6.31. The Kier molecular flexibility index (Phi) is 6.94. The first kappa shape index (κ1) is 23.6. The molecule has 2 aliphatic heterocycles. The Labute approximate surface area is 210 Å². The number of hydrogen-bond acceptors (Lipinski definition) is 3. The molecule has 1 amide bonds. The first-order valence-electron chi connectivity index (χ1n) is 10.0. The van der Waals surface area contributed by atoms with Crippen LogP contribution in [0.1, 0.15) is 28.4 Å². The van der Waals surface area contributed by atoms with E-state index in [0.717, 1.165) is 12.1 Å². The lowest BCUT2D eigenvalue weighted by atomic mass is 9.83. The van der Waals surface area contributed by atoms with Crippen molar-refractivity contribution in [3.63, 3.8) is 0 Å². The summed E-state index contributed by atoms with van der Waals surface area (Å²) < 4.78 is -0.0207. The standard InChI is InChI=1S/C21H20Cl4N4O2S/c22-15-5-2-1-4-14(15)18(31)26-19(21(23,24)25)27-20(32)28-9-12-8-13(11-28)16-6-3-7-17(30)29(16)10-12/h1-7,12-13,19H,8-11H2,(H,26,31)(H,27,32)/t12-,13+,19-/m0/s1. The van der Waals surface area contributed by atoms with Crippen LogP contribution in [0.4, 0.5) is 0 Å². The summed E-state index contributed by atoms with van der Waals surface area (Å²) >= 11 is 30.1. The van der Waals surface area contributed by atoms with E-state index in [1.807, 2.05) is 15.5 Å². The summed E-state index contributed by atoms with van der Waals surface area (Å²) in [5.74, 6) is -0.0591. The normalized spacial score (nSPS) is 20.8. The van der Waals surface area contributed by atoms with E-state index < -0.39 is 15.9 Å². The quantitative estimate of drug-likeness (QED) is 0.355. The highest BCUT2D eigenvalue weighted by Gasteiger charge is 2.39. The second-order valence-corrected chi connectivity index (χ2v) is 11.1. The highest BCUT2D eigenvalue weighted by Crippen LogP contribution is 2.35. The average Bonchev–Trinajstić information content (AvgIpc) is 2.73. The van der Waals surface area contributed by atoms with Crippen molar-refractivity contribution < 1.29 is 4.79 Å². The van der Waals surface area contributed by atoms with Crippen LogP contribution in [0.5, 0.6) is 0 Å². The molecule has 0 radical (unpaired) electrons. The van der Waals surface area contributed by atoms with Gasteiger partial charge in [-0.3, -0.25) is 9.59 Å². The smallest absolute Gasteiger partial charge is 0.254 e. The maximum absolute atomic E-state index is 12.7. The monoisotopic (exact) mass is 532 g/mol. The van der Waals surface area contributed by atoms with Crippen LogP contribution in [0, 0.1) is 5.92 Å². The van der Waals surface area contributed by atoms with E-state index in [2.05, 4.69) is 10.6 Å². The third kappa shape index (κ3) is 5.02. The van der Waals surface area contributed by atoms with Crippen molar-refractivity contribution in [2.75, 3.05) is 13.1 Å². The maximum atomic E-state index is 12.7. The molecule has 0 spiro atoms. The molecule has 2 bridgehead atoms. The van der Waals surface area contributed by atoms with Crippen molar-refractivity contribution in [3.8, 4) is 0 Å². The molecule has 6 nitrogen and oxygen atoms in total. The molecule has 2 N–H and O–H groups in total. The van der Waals surface area contributed by atoms with E-state index in [9.17, 15) is 9.59 Å². The Hall–Kier alpha value is -1.51. The number of piperidine rings is 1. The third-order valence-electron chi connectivity index (χ3n) is 5.76. The molecular weight excluding hydrogens is 514 g/mol. The molecule has 0 saturated carbocycles. The number of amides is 1. The second kappa shape index (κ2) is 9.39. The third-order valence-corrected chi connectivity index (χ3v) is 7.12. The Balaban J connectivity index is 1.48. The molecule has 3 heterocycles. The molecule has 1 saturated heterocycles. The summed E-state index contributed by atoms with van der Waals surface area (Å²) in [6.45, 7) is 1.92. The number of pyridine rings is 1. The van der Waals surface area contributed by atoms with E-state index in [1.165, 1.54) is 0 Å². The molecule has 1 aromatic carbocycles. The van der Waals surface area contributed by atoms with Gasteiger partial charge in [-0.25, -0.2) is 0 Å². The van der Waals surface area contributed by atoms with Gasteiger partial charge in [0.25, 0.3) is 11.5 Å². The van der Waals surface area contributed by atoms with Crippen LogP contribution >= 0.6 is 58.6 Å². The van der Waals surface area contributed by atoms with Crippen molar-refractivity contribution in [1.29, 1.82) is 0 Å². The van der Waals surface area contributed by atoms with Gasteiger partial charge in [-0.05, 0) is 42.8 Å². The van der Waals surface area contributed by atoms with E-state index >= 15 is 0 Å². The summed E-state index contributed by atoms with van der Waals surface area (Å²) in [5.41, 5.74) is 1.28. The van der Waals surface area contributed by atoms with Gasteiger partial charge < -0.3 is 20.1 Å². The van der Waals surface area contributed by atoms with Crippen molar-refractivity contribution in [2.24, 2.45) is 5.92 Å². The molecule has 170 valence electrons. The second-order valence-electron chi connectivity index (χ2n) is 7.98. The summed E-state index contributed by atoms with van der Waals surface area (Å²) in [4.78, 5) is 26.9. The minimum absolute atomic E-state index is 0.0184. The van der Waals surface area contributed by atoms with Crippen molar-refractivity contribution in [2.45, 2.75) is 28.8 Å². The number of carbonyl (C=O) groups excluding carboxylic acids is 1. The van der Waals surface area contributed by atoms with Crippen molar-refractivity contribution in [1.82, 2.24) is 20.1 Å². The number of halogens is 4. The van der Waals surface area contributed by atoms with Gasteiger partial charge in [-0.2, -0.15) is 0 Å². The van der Waals surface area contributed by atoms with Crippen LogP contribution in [0.3, 0.4) is 0 Å². The van der Waals surface area contributed by atoms with Gasteiger partial charge in [-0.15, -0.1) is 0 Å². The molecule has 3 atom stereocenters. The Bertz CT molecular complexity index is 1100. The number of nitrogens with one attached hydrogen (secondary N) is 2. The first-order chi connectivity index (χ1) is 15.1. The lowest BCUT2D eigenvalue weighted by Gasteiger charge is -2.44. The number of benzene rings is 1. The minimum atomic E-state index is -1.87. The fraction of sp³-hybridized carbons (Fsp3) is 0.381. The number of hydrogen-bond donors (Lipinski definition) is 2. The Morgan fingerprint density at radius 1 is 1.06 bits per heavy atom.